The van der Waals surface area contributed by atoms with Crippen LogP contribution in [0.1, 0.15) is 5.56 Å². The van der Waals surface area contributed by atoms with Crippen LogP contribution in [0.4, 0.5) is 0 Å². The van der Waals surface area contributed by atoms with Gasteiger partial charge in [-0.25, -0.2) is 0 Å². The van der Waals surface area contributed by atoms with Crippen LogP contribution in [0.25, 0.3) is 0 Å². The van der Waals surface area contributed by atoms with Gasteiger partial charge in [-0.1, -0.05) is 41.0 Å². The minimum Gasteiger partial charge on any atom is -0.330 e. The molecule has 0 aromatic heterocycles. The van der Waals surface area contributed by atoms with Gasteiger partial charge in [-0.2, -0.15) is 0 Å². The molecule has 0 spiro atoms. The Hall–Kier alpha value is -0.670. The molecule has 94 valence electrons. The molecule has 2 N–H and O–H groups in total. The maximum atomic E-state index is 6.04. The van der Waals surface area contributed by atoms with E-state index in [-0.39, 0.29) is 0 Å². The van der Waals surface area contributed by atoms with Gasteiger partial charge in [0.25, 0.3) is 0 Å². The highest BCUT2D eigenvalue weighted by atomic mass is 35.5. The second-order valence-corrected chi connectivity index (χ2v) is 5.83. The van der Waals surface area contributed by atoms with Gasteiger partial charge in [0, 0.05) is 19.8 Å². The van der Waals surface area contributed by atoms with Crippen molar-refractivity contribution in [1.82, 2.24) is 0 Å². The van der Waals surface area contributed by atoms with Crippen molar-refractivity contribution in [3.63, 3.8) is 0 Å². The van der Waals surface area contributed by atoms with E-state index >= 15 is 0 Å². The zero-order chi connectivity index (χ0) is 13.0. The summed E-state index contributed by atoms with van der Waals surface area (Å²) in [6.45, 7) is 0.635. The Morgan fingerprint density at radius 1 is 0.944 bits per heavy atom. The third-order valence-corrected chi connectivity index (χ3v) is 4.08. The molecule has 2 aromatic rings. The van der Waals surface area contributed by atoms with E-state index < -0.39 is 0 Å². The standard InChI is InChI=1S/C14H13Cl2NS/c15-11-3-5-13(6-4-11)18-14-9-12(16)2-1-10(14)7-8-17/h1-6,9H,7-8,17H2. The molecular weight excluding hydrogens is 285 g/mol. The summed E-state index contributed by atoms with van der Waals surface area (Å²) >= 11 is 13.6. The molecule has 4 heteroatoms. The fraction of sp³-hybridized carbons (Fsp3) is 0.143. The van der Waals surface area contributed by atoms with Gasteiger partial charge in [-0.05, 0) is 54.9 Å². The highest BCUT2D eigenvalue weighted by Gasteiger charge is 2.05. The SMILES string of the molecule is NCCc1ccc(Cl)cc1Sc1ccc(Cl)cc1. The normalized spacial score (nSPS) is 10.6. The Morgan fingerprint density at radius 2 is 1.61 bits per heavy atom. The predicted molar refractivity (Wildman–Crippen MR) is 79.8 cm³/mol. The van der Waals surface area contributed by atoms with E-state index in [9.17, 15) is 0 Å². The minimum atomic E-state index is 0.635. The van der Waals surface area contributed by atoms with E-state index in [1.807, 2.05) is 42.5 Å². The van der Waals surface area contributed by atoms with Crippen molar-refractivity contribution in [2.75, 3.05) is 6.54 Å². The maximum absolute atomic E-state index is 6.04. The monoisotopic (exact) mass is 297 g/mol. The lowest BCUT2D eigenvalue weighted by Crippen LogP contribution is -2.03. The molecule has 0 saturated carbocycles. The molecule has 0 aliphatic rings. The molecule has 0 radical (unpaired) electrons. The third-order valence-electron chi connectivity index (χ3n) is 2.48. The Labute approximate surface area is 121 Å². The molecule has 0 heterocycles. The summed E-state index contributed by atoms with van der Waals surface area (Å²) in [6, 6.07) is 13.7. The number of halogens is 2. The van der Waals surface area contributed by atoms with E-state index in [4.69, 9.17) is 28.9 Å². The molecule has 1 nitrogen and oxygen atoms in total. The van der Waals surface area contributed by atoms with Crippen LogP contribution in [-0.2, 0) is 6.42 Å². The molecule has 0 bridgehead atoms. The molecule has 0 atom stereocenters. The minimum absolute atomic E-state index is 0.635. The zero-order valence-corrected chi connectivity index (χ0v) is 12.0. The zero-order valence-electron chi connectivity index (χ0n) is 9.70. The van der Waals surface area contributed by atoms with Crippen molar-refractivity contribution in [3.05, 3.63) is 58.1 Å². The van der Waals surface area contributed by atoms with Crippen molar-refractivity contribution < 1.29 is 0 Å². The number of benzene rings is 2. The molecular formula is C14H13Cl2NS. The van der Waals surface area contributed by atoms with Gasteiger partial charge in [0.15, 0.2) is 0 Å². The van der Waals surface area contributed by atoms with Crippen LogP contribution < -0.4 is 5.73 Å². The average molecular weight is 298 g/mol. The third kappa shape index (κ3) is 3.66. The summed E-state index contributed by atoms with van der Waals surface area (Å²) in [5.41, 5.74) is 6.84. The Morgan fingerprint density at radius 3 is 2.28 bits per heavy atom. The fourth-order valence-corrected chi connectivity index (χ4v) is 2.99. The van der Waals surface area contributed by atoms with Crippen LogP contribution in [0.3, 0.4) is 0 Å². The van der Waals surface area contributed by atoms with Crippen molar-refractivity contribution in [1.29, 1.82) is 0 Å². The summed E-state index contributed by atoms with van der Waals surface area (Å²) in [4.78, 5) is 2.29. The molecule has 2 rings (SSSR count). The number of hydrogen-bond acceptors (Lipinski definition) is 2. The average Bonchev–Trinajstić information content (AvgIpc) is 2.36. The van der Waals surface area contributed by atoms with E-state index in [0.717, 1.165) is 26.3 Å². The Bertz CT molecular complexity index is 526. The number of hydrogen-bond donors (Lipinski definition) is 1. The van der Waals surface area contributed by atoms with Crippen LogP contribution in [0.2, 0.25) is 10.0 Å². The second-order valence-electron chi connectivity index (χ2n) is 3.85. The van der Waals surface area contributed by atoms with Crippen molar-refractivity contribution in [2.45, 2.75) is 16.2 Å². The van der Waals surface area contributed by atoms with Crippen LogP contribution >= 0.6 is 35.0 Å². The first kappa shape index (κ1) is 13.8. The molecule has 0 fully saturated rings. The molecule has 0 aliphatic heterocycles. The smallest absolute Gasteiger partial charge is 0.0417 e. The van der Waals surface area contributed by atoms with Crippen molar-refractivity contribution >= 4 is 35.0 Å². The first-order valence-corrected chi connectivity index (χ1v) is 7.18. The quantitative estimate of drug-likeness (QED) is 0.889. The summed E-state index contributed by atoms with van der Waals surface area (Å²) < 4.78 is 0. The van der Waals surface area contributed by atoms with Crippen LogP contribution in [0, 0.1) is 0 Å². The van der Waals surface area contributed by atoms with E-state index in [2.05, 4.69) is 0 Å². The molecule has 0 unspecified atom stereocenters. The lowest BCUT2D eigenvalue weighted by molar-refractivity contribution is 0.944. The topological polar surface area (TPSA) is 26.0 Å². The summed E-state index contributed by atoms with van der Waals surface area (Å²) in [5, 5.41) is 1.49. The number of nitrogens with two attached hydrogens (primary N) is 1. The molecule has 0 amide bonds. The number of rotatable bonds is 4. The summed E-state index contributed by atoms with van der Waals surface area (Å²) in [5.74, 6) is 0. The van der Waals surface area contributed by atoms with Gasteiger partial charge in [-0.3, -0.25) is 0 Å². The van der Waals surface area contributed by atoms with Gasteiger partial charge in [0.2, 0.25) is 0 Å². The van der Waals surface area contributed by atoms with Gasteiger partial charge in [-0.15, -0.1) is 0 Å². The Kier molecular flexibility index (Phi) is 4.95. The van der Waals surface area contributed by atoms with Crippen molar-refractivity contribution in [3.8, 4) is 0 Å². The Balaban J connectivity index is 2.26. The van der Waals surface area contributed by atoms with Crippen LogP contribution in [-0.4, -0.2) is 6.54 Å². The van der Waals surface area contributed by atoms with Crippen molar-refractivity contribution in [2.24, 2.45) is 5.73 Å². The van der Waals surface area contributed by atoms with Gasteiger partial charge in [0.05, 0.1) is 0 Å². The van der Waals surface area contributed by atoms with Crippen LogP contribution in [0.15, 0.2) is 52.3 Å². The van der Waals surface area contributed by atoms with Crippen LogP contribution in [0.5, 0.6) is 0 Å². The first-order valence-electron chi connectivity index (χ1n) is 5.61. The highest BCUT2D eigenvalue weighted by Crippen LogP contribution is 2.33. The highest BCUT2D eigenvalue weighted by molar-refractivity contribution is 7.99. The molecule has 0 aliphatic carbocycles. The van der Waals surface area contributed by atoms with E-state index in [1.54, 1.807) is 11.8 Å². The lowest BCUT2D eigenvalue weighted by atomic mass is 10.1. The molecule has 18 heavy (non-hydrogen) atoms. The molecule has 2 aromatic carbocycles. The summed E-state index contributed by atoms with van der Waals surface area (Å²) in [7, 11) is 0. The maximum Gasteiger partial charge on any atom is 0.0417 e. The second kappa shape index (κ2) is 6.48. The van der Waals surface area contributed by atoms with E-state index in [1.165, 1.54) is 5.56 Å². The lowest BCUT2D eigenvalue weighted by Gasteiger charge is -2.09. The molecule has 0 saturated heterocycles. The largest absolute Gasteiger partial charge is 0.330 e. The predicted octanol–water partition coefficient (Wildman–Crippen LogP) is 4.65. The van der Waals surface area contributed by atoms with Gasteiger partial charge in [0.1, 0.15) is 0 Å². The van der Waals surface area contributed by atoms with Gasteiger partial charge >= 0.3 is 0 Å². The fourth-order valence-electron chi connectivity index (χ4n) is 1.62. The van der Waals surface area contributed by atoms with E-state index in [0.29, 0.717) is 6.54 Å². The first-order chi connectivity index (χ1) is 8.69. The van der Waals surface area contributed by atoms with Gasteiger partial charge < -0.3 is 5.73 Å². The summed E-state index contributed by atoms with van der Waals surface area (Å²) in [6.07, 6.45) is 0.854.